The van der Waals surface area contributed by atoms with Crippen LogP contribution in [0.15, 0.2) is 46.6 Å². The Labute approximate surface area is 133 Å². The molecule has 0 radical (unpaired) electrons. The monoisotopic (exact) mass is 313 g/mol. The highest BCUT2D eigenvalue weighted by Crippen LogP contribution is 2.13. The van der Waals surface area contributed by atoms with Crippen molar-refractivity contribution in [3.63, 3.8) is 0 Å². The molecular weight excluding hydrogens is 294 g/mol. The highest BCUT2D eigenvalue weighted by molar-refractivity contribution is 7.17. The SMILES string of the molecule is C[C@H](CCc1ccccc1)NCc1nc2ccsc2c(=O)[nH]1. The first kappa shape index (κ1) is 14.9. The summed E-state index contributed by atoms with van der Waals surface area (Å²) in [5, 5.41) is 5.32. The molecule has 4 nitrogen and oxygen atoms in total. The van der Waals surface area contributed by atoms with Gasteiger partial charge in [0, 0.05) is 6.04 Å². The minimum absolute atomic E-state index is 0.0475. The fourth-order valence-electron chi connectivity index (χ4n) is 2.41. The van der Waals surface area contributed by atoms with Crippen LogP contribution in [-0.2, 0) is 13.0 Å². The van der Waals surface area contributed by atoms with Gasteiger partial charge in [0.2, 0.25) is 0 Å². The molecule has 5 heteroatoms. The first-order valence-corrected chi connectivity index (χ1v) is 8.34. The van der Waals surface area contributed by atoms with Crippen molar-refractivity contribution in [1.82, 2.24) is 15.3 Å². The van der Waals surface area contributed by atoms with Crippen molar-refractivity contribution in [2.75, 3.05) is 0 Å². The second-order valence-corrected chi connectivity index (χ2v) is 6.37. The number of aryl methyl sites for hydroxylation is 1. The van der Waals surface area contributed by atoms with Crippen LogP contribution < -0.4 is 10.9 Å². The van der Waals surface area contributed by atoms with Gasteiger partial charge >= 0.3 is 0 Å². The predicted molar refractivity (Wildman–Crippen MR) is 91.3 cm³/mol. The molecule has 0 unspecified atom stereocenters. The van der Waals surface area contributed by atoms with Crippen molar-refractivity contribution in [3.05, 3.63) is 63.5 Å². The van der Waals surface area contributed by atoms with E-state index in [9.17, 15) is 4.79 Å². The lowest BCUT2D eigenvalue weighted by Crippen LogP contribution is -2.28. The third kappa shape index (κ3) is 3.61. The van der Waals surface area contributed by atoms with Gasteiger partial charge in [0.05, 0.1) is 12.1 Å². The molecule has 2 heterocycles. The van der Waals surface area contributed by atoms with Crippen molar-refractivity contribution >= 4 is 21.6 Å². The van der Waals surface area contributed by atoms with Crippen LogP contribution >= 0.6 is 11.3 Å². The molecule has 3 rings (SSSR count). The molecule has 0 amide bonds. The van der Waals surface area contributed by atoms with Crippen LogP contribution in [0.1, 0.15) is 24.7 Å². The number of rotatable bonds is 6. The average Bonchev–Trinajstić information content (AvgIpc) is 3.01. The molecule has 0 aliphatic carbocycles. The molecule has 0 bridgehead atoms. The zero-order chi connectivity index (χ0) is 15.4. The topological polar surface area (TPSA) is 57.8 Å². The normalized spacial score (nSPS) is 12.6. The largest absolute Gasteiger partial charge is 0.308 e. The minimum atomic E-state index is -0.0475. The van der Waals surface area contributed by atoms with Crippen molar-refractivity contribution in [3.8, 4) is 0 Å². The second-order valence-electron chi connectivity index (χ2n) is 5.45. The van der Waals surface area contributed by atoms with E-state index in [1.54, 1.807) is 0 Å². The van der Waals surface area contributed by atoms with Crippen molar-refractivity contribution in [1.29, 1.82) is 0 Å². The van der Waals surface area contributed by atoms with Gasteiger partial charge in [-0.2, -0.15) is 0 Å². The van der Waals surface area contributed by atoms with Crippen molar-refractivity contribution in [2.24, 2.45) is 0 Å². The molecule has 0 fully saturated rings. The Kier molecular flexibility index (Phi) is 4.65. The summed E-state index contributed by atoms with van der Waals surface area (Å²) in [4.78, 5) is 19.2. The van der Waals surface area contributed by atoms with Gasteiger partial charge in [-0.3, -0.25) is 4.79 Å². The molecule has 22 heavy (non-hydrogen) atoms. The molecule has 0 saturated heterocycles. The summed E-state index contributed by atoms with van der Waals surface area (Å²) in [6.45, 7) is 2.74. The Hall–Kier alpha value is -1.98. The van der Waals surface area contributed by atoms with Crippen molar-refractivity contribution in [2.45, 2.75) is 32.4 Å². The summed E-state index contributed by atoms with van der Waals surface area (Å²) < 4.78 is 0.695. The molecule has 0 aliphatic heterocycles. The first-order chi connectivity index (χ1) is 10.7. The summed E-state index contributed by atoms with van der Waals surface area (Å²) in [5.41, 5.74) is 2.08. The molecule has 0 spiro atoms. The number of aromatic nitrogens is 2. The average molecular weight is 313 g/mol. The van der Waals surface area contributed by atoms with Crippen LogP contribution in [0.3, 0.4) is 0 Å². The molecule has 2 aromatic heterocycles. The van der Waals surface area contributed by atoms with E-state index in [1.807, 2.05) is 17.5 Å². The molecule has 0 saturated carbocycles. The van der Waals surface area contributed by atoms with Gasteiger partial charge in [0.25, 0.3) is 5.56 Å². The molecule has 1 atom stereocenters. The maximum atomic E-state index is 11.9. The molecule has 114 valence electrons. The molecule has 2 N–H and O–H groups in total. The van der Waals surface area contributed by atoms with Crippen LogP contribution in [0.2, 0.25) is 0 Å². The number of aromatic amines is 1. The van der Waals surface area contributed by atoms with Gasteiger partial charge in [0.1, 0.15) is 10.5 Å². The summed E-state index contributed by atoms with van der Waals surface area (Å²) in [6.07, 6.45) is 2.09. The zero-order valence-electron chi connectivity index (χ0n) is 12.5. The van der Waals surface area contributed by atoms with Gasteiger partial charge in [0.15, 0.2) is 0 Å². The number of nitrogens with one attached hydrogen (secondary N) is 2. The van der Waals surface area contributed by atoms with Crippen LogP contribution in [0.4, 0.5) is 0 Å². The van der Waals surface area contributed by atoms with Crippen LogP contribution in [0.25, 0.3) is 10.2 Å². The summed E-state index contributed by atoms with van der Waals surface area (Å²) in [7, 11) is 0. The summed E-state index contributed by atoms with van der Waals surface area (Å²) >= 11 is 1.43. The van der Waals surface area contributed by atoms with Gasteiger partial charge in [-0.25, -0.2) is 4.98 Å². The van der Waals surface area contributed by atoms with E-state index in [-0.39, 0.29) is 5.56 Å². The highest BCUT2D eigenvalue weighted by atomic mass is 32.1. The van der Waals surface area contributed by atoms with E-state index in [0.29, 0.717) is 23.1 Å². The number of nitrogens with zero attached hydrogens (tertiary/aromatic N) is 1. The molecule has 1 aromatic carbocycles. The lowest BCUT2D eigenvalue weighted by Gasteiger charge is -2.13. The first-order valence-electron chi connectivity index (χ1n) is 7.46. The zero-order valence-corrected chi connectivity index (χ0v) is 13.3. The third-order valence-corrected chi connectivity index (χ3v) is 4.59. The van der Waals surface area contributed by atoms with Gasteiger partial charge in [-0.1, -0.05) is 30.3 Å². The van der Waals surface area contributed by atoms with E-state index in [0.717, 1.165) is 18.4 Å². The number of thiophene rings is 1. The van der Waals surface area contributed by atoms with Crippen LogP contribution in [0.5, 0.6) is 0 Å². The Morgan fingerprint density at radius 3 is 2.91 bits per heavy atom. The summed E-state index contributed by atoms with van der Waals surface area (Å²) in [5.74, 6) is 0.697. The Morgan fingerprint density at radius 2 is 2.09 bits per heavy atom. The van der Waals surface area contributed by atoms with Gasteiger partial charge < -0.3 is 10.3 Å². The maximum absolute atomic E-state index is 11.9. The standard InChI is InChI=1S/C17H19N3OS/c1-12(7-8-13-5-3-2-4-6-13)18-11-15-19-14-9-10-22-16(14)17(21)20-15/h2-6,9-10,12,18H,7-8,11H2,1H3,(H,19,20,21)/t12-/m1/s1. The molecule has 0 aliphatic rings. The van der Waals surface area contributed by atoms with Gasteiger partial charge in [-0.15, -0.1) is 11.3 Å². The maximum Gasteiger partial charge on any atom is 0.268 e. The number of fused-ring (bicyclic) bond motifs is 1. The number of H-pyrrole nitrogens is 1. The highest BCUT2D eigenvalue weighted by Gasteiger charge is 2.07. The predicted octanol–water partition coefficient (Wildman–Crippen LogP) is 3.10. The molecular formula is C17H19N3OS. The van der Waals surface area contributed by atoms with E-state index < -0.39 is 0 Å². The molecule has 3 aromatic rings. The van der Waals surface area contributed by atoms with E-state index >= 15 is 0 Å². The summed E-state index contributed by atoms with van der Waals surface area (Å²) in [6, 6.07) is 12.7. The third-order valence-electron chi connectivity index (χ3n) is 3.69. The van der Waals surface area contributed by atoms with E-state index in [2.05, 4.69) is 46.5 Å². The van der Waals surface area contributed by atoms with Crippen molar-refractivity contribution < 1.29 is 0 Å². The Balaban J connectivity index is 1.55. The Morgan fingerprint density at radius 1 is 1.27 bits per heavy atom. The van der Waals surface area contributed by atoms with Crippen LogP contribution in [-0.4, -0.2) is 16.0 Å². The quantitative estimate of drug-likeness (QED) is 0.735. The second kappa shape index (κ2) is 6.85. The van der Waals surface area contributed by atoms with Gasteiger partial charge in [-0.05, 0) is 36.8 Å². The smallest absolute Gasteiger partial charge is 0.268 e. The number of benzene rings is 1. The number of hydrogen-bond donors (Lipinski definition) is 2. The number of hydrogen-bond acceptors (Lipinski definition) is 4. The van der Waals surface area contributed by atoms with E-state index in [4.69, 9.17) is 0 Å². The fourth-order valence-corrected chi connectivity index (χ4v) is 3.13. The minimum Gasteiger partial charge on any atom is -0.308 e. The Bertz CT molecular complexity index is 794. The lowest BCUT2D eigenvalue weighted by molar-refractivity contribution is 0.505. The van der Waals surface area contributed by atoms with Crippen LogP contribution in [0, 0.1) is 0 Å². The fraction of sp³-hybridized carbons (Fsp3) is 0.294. The lowest BCUT2D eigenvalue weighted by atomic mass is 10.1. The van der Waals surface area contributed by atoms with E-state index in [1.165, 1.54) is 16.9 Å².